The molecule has 0 aliphatic rings. The standard InChI is InChI=1S/C24H50BrO7PS/c1-3-4-5-6-7-8-9-10-11-12-13-14-15-16-17-18-20-30-22-24(34(2,28)29)23-32-33(26,27)31-21-19-25/h24H,3-23H2,1-2H3,(H,26,27). The van der Waals surface area contributed by atoms with E-state index in [-0.39, 0.29) is 13.2 Å². The van der Waals surface area contributed by atoms with Crippen molar-refractivity contribution in [3.05, 3.63) is 0 Å². The average molecular weight is 594 g/mol. The summed E-state index contributed by atoms with van der Waals surface area (Å²) < 4.78 is 50.5. The van der Waals surface area contributed by atoms with E-state index in [2.05, 4.69) is 27.4 Å². The lowest BCUT2D eigenvalue weighted by Crippen LogP contribution is -2.30. The molecule has 2 unspecified atom stereocenters. The van der Waals surface area contributed by atoms with Gasteiger partial charge < -0.3 is 9.63 Å². The van der Waals surface area contributed by atoms with Gasteiger partial charge in [-0.3, -0.25) is 9.05 Å². The smallest absolute Gasteiger partial charge is 0.380 e. The molecule has 0 saturated carbocycles. The monoisotopic (exact) mass is 592 g/mol. The maximum Gasteiger partial charge on any atom is 0.472 e. The molecule has 10 heteroatoms. The van der Waals surface area contributed by atoms with Crippen LogP contribution in [0.4, 0.5) is 0 Å². The third-order valence-corrected chi connectivity index (χ3v) is 8.60. The number of ether oxygens (including phenoxy) is 1. The zero-order valence-electron chi connectivity index (χ0n) is 21.6. The van der Waals surface area contributed by atoms with Gasteiger partial charge in [-0.25, -0.2) is 13.0 Å². The quantitative estimate of drug-likeness (QED) is 0.0643. The maximum atomic E-state index is 11.9. The van der Waals surface area contributed by atoms with Gasteiger partial charge in [0.05, 0.1) is 19.8 Å². The van der Waals surface area contributed by atoms with Crippen molar-refractivity contribution >= 4 is 33.6 Å². The highest BCUT2D eigenvalue weighted by atomic mass is 79.9. The van der Waals surface area contributed by atoms with Crippen LogP contribution in [0.1, 0.15) is 110 Å². The van der Waals surface area contributed by atoms with E-state index in [1.165, 1.54) is 89.9 Å². The highest BCUT2D eigenvalue weighted by Gasteiger charge is 2.28. The third-order valence-electron chi connectivity index (χ3n) is 5.81. The molecule has 0 aliphatic carbocycles. The first-order valence-corrected chi connectivity index (χ1v) is 17.7. The number of rotatable bonds is 26. The van der Waals surface area contributed by atoms with Gasteiger partial charge in [-0.15, -0.1) is 0 Å². The number of phosphoric acid groups is 1. The molecule has 34 heavy (non-hydrogen) atoms. The van der Waals surface area contributed by atoms with E-state index in [1.54, 1.807) is 0 Å². The van der Waals surface area contributed by atoms with Gasteiger partial charge in [0.15, 0.2) is 9.84 Å². The van der Waals surface area contributed by atoms with E-state index in [4.69, 9.17) is 9.26 Å². The van der Waals surface area contributed by atoms with E-state index in [0.29, 0.717) is 11.9 Å². The van der Waals surface area contributed by atoms with Crippen LogP contribution in [-0.4, -0.2) is 56.6 Å². The molecule has 0 rings (SSSR count). The zero-order chi connectivity index (χ0) is 25.5. The molecule has 0 aromatic rings. The lowest BCUT2D eigenvalue weighted by atomic mass is 10.0. The summed E-state index contributed by atoms with van der Waals surface area (Å²) in [4.78, 5) is 9.54. The summed E-state index contributed by atoms with van der Waals surface area (Å²) >= 11 is 3.08. The van der Waals surface area contributed by atoms with Crippen molar-refractivity contribution in [2.24, 2.45) is 0 Å². The minimum absolute atomic E-state index is 0.00687. The van der Waals surface area contributed by atoms with Gasteiger partial charge in [0.1, 0.15) is 5.25 Å². The summed E-state index contributed by atoms with van der Waals surface area (Å²) in [6.07, 6.45) is 21.8. The number of sulfone groups is 1. The molecule has 0 aromatic heterocycles. The van der Waals surface area contributed by atoms with Crippen molar-refractivity contribution in [1.29, 1.82) is 0 Å². The summed E-state index contributed by atoms with van der Waals surface area (Å²) in [6.45, 7) is 2.23. The fourth-order valence-corrected chi connectivity index (χ4v) is 5.56. The second-order valence-corrected chi connectivity index (χ2v) is 13.7. The number of unbranched alkanes of at least 4 members (excludes halogenated alkanes) is 15. The van der Waals surface area contributed by atoms with Gasteiger partial charge in [-0.05, 0) is 6.42 Å². The van der Waals surface area contributed by atoms with Crippen molar-refractivity contribution in [3.63, 3.8) is 0 Å². The Bertz CT molecular complexity index is 604. The molecule has 2 atom stereocenters. The van der Waals surface area contributed by atoms with Crippen LogP contribution in [0.5, 0.6) is 0 Å². The Morgan fingerprint density at radius 3 is 1.59 bits per heavy atom. The average Bonchev–Trinajstić information content (AvgIpc) is 2.78. The predicted molar refractivity (Wildman–Crippen MR) is 145 cm³/mol. The fraction of sp³-hybridized carbons (Fsp3) is 1.00. The zero-order valence-corrected chi connectivity index (χ0v) is 24.9. The van der Waals surface area contributed by atoms with Gasteiger partial charge in [0.2, 0.25) is 0 Å². The molecule has 7 nitrogen and oxygen atoms in total. The van der Waals surface area contributed by atoms with Crippen LogP contribution in [-0.2, 0) is 28.2 Å². The molecule has 206 valence electrons. The van der Waals surface area contributed by atoms with Crippen LogP contribution < -0.4 is 0 Å². The van der Waals surface area contributed by atoms with Gasteiger partial charge >= 0.3 is 7.82 Å². The fourth-order valence-electron chi connectivity index (χ4n) is 3.63. The van der Waals surface area contributed by atoms with Crippen LogP contribution in [0.15, 0.2) is 0 Å². The van der Waals surface area contributed by atoms with Gasteiger partial charge in [0.25, 0.3) is 0 Å². The second kappa shape index (κ2) is 22.7. The highest BCUT2D eigenvalue weighted by molar-refractivity contribution is 9.09. The molecule has 1 N–H and O–H groups in total. The van der Waals surface area contributed by atoms with E-state index in [0.717, 1.165) is 19.1 Å². The van der Waals surface area contributed by atoms with Gasteiger partial charge in [0, 0.05) is 18.2 Å². The molecule has 0 aliphatic heterocycles. The van der Waals surface area contributed by atoms with E-state index < -0.39 is 29.5 Å². The molecule has 0 bridgehead atoms. The number of phosphoric ester groups is 1. The Balaban J connectivity index is 3.62. The Kier molecular flexibility index (Phi) is 23.0. The minimum atomic E-state index is -4.26. The molecule has 0 amide bonds. The van der Waals surface area contributed by atoms with Crippen molar-refractivity contribution in [2.45, 2.75) is 115 Å². The normalized spacial score (nSPS) is 14.8. The number of hydrogen-bond acceptors (Lipinski definition) is 6. The molecule has 0 aromatic carbocycles. The lowest BCUT2D eigenvalue weighted by molar-refractivity contribution is 0.105. The Morgan fingerprint density at radius 1 is 0.735 bits per heavy atom. The van der Waals surface area contributed by atoms with Crippen molar-refractivity contribution in [3.8, 4) is 0 Å². The van der Waals surface area contributed by atoms with Crippen molar-refractivity contribution < 1.29 is 31.7 Å². The summed E-state index contributed by atoms with van der Waals surface area (Å²) in [5.74, 6) is 0. The Morgan fingerprint density at radius 2 is 1.18 bits per heavy atom. The topological polar surface area (TPSA) is 99.1 Å². The predicted octanol–water partition coefficient (Wildman–Crippen LogP) is 7.21. The second-order valence-electron chi connectivity index (χ2n) is 9.12. The van der Waals surface area contributed by atoms with E-state index >= 15 is 0 Å². The van der Waals surface area contributed by atoms with E-state index in [9.17, 15) is 17.9 Å². The summed E-state index contributed by atoms with van der Waals surface area (Å²) in [5.41, 5.74) is 0. The lowest BCUT2D eigenvalue weighted by Gasteiger charge is -2.17. The van der Waals surface area contributed by atoms with Crippen molar-refractivity contribution in [2.75, 3.05) is 38.0 Å². The molecule has 0 spiro atoms. The first-order chi connectivity index (χ1) is 16.2. The SMILES string of the molecule is CCCCCCCCCCCCCCCCCCOCC(COP(=O)(O)OCCBr)S(C)(=O)=O. The molecule has 0 radical (unpaired) electrons. The maximum absolute atomic E-state index is 11.9. The van der Waals surface area contributed by atoms with Crippen LogP contribution in [0.25, 0.3) is 0 Å². The molecule has 0 saturated heterocycles. The van der Waals surface area contributed by atoms with Crippen LogP contribution >= 0.6 is 23.8 Å². The molecular formula is C24H50BrO7PS. The van der Waals surface area contributed by atoms with Gasteiger partial charge in [-0.2, -0.15) is 0 Å². The Hall–Kier alpha value is 0.500. The third kappa shape index (κ3) is 22.9. The van der Waals surface area contributed by atoms with Crippen LogP contribution in [0.3, 0.4) is 0 Å². The number of hydrogen-bond donors (Lipinski definition) is 1. The van der Waals surface area contributed by atoms with E-state index in [1.807, 2.05) is 0 Å². The summed E-state index contributed by atoms with van der Waals surface area (Å²) in [5, 5.41) is -0.625. The van der Waals surface area contributed by atoms with Gasteiger partial charge in [-0.1, -0.05) is 119 Å². The largest absolute Gasteiger partial charge is 0.472 e. The van der Waals surface area contributed by atoms with Crippen LogP contribution in [0, 0.1) is 0 Å². The first-order valence-electron chi connectivity index (χ1n) is 13.2. The molecule has 0 fully saturated rings. The highest BCUT2D eigenvalue weighted by Crippen LogP contribution is 2.43. The van der Waals surface area contributed by atoms with Crippen LogP contribution in [0.2, 0.25) is 0 Å². The summed E-state index contributed by atoms with van der Waals surface area (Å²) in [6, 6.07) is 0. The number of alkyl halides is 1. The minimum Gasteiger partial charge on any atom is -0.380 e. The molecule has 0 heterocycles. The molecular weight excluding hydrogens is 543 g/mol. The Labute approximate surface area is 217 Å². The van der Waals surface area contributed by atoms with Crippen molar-refractivity contribution in [1.82, 2.24) is 0 Å². The first kappa shape index (κ1) is 34.5. The summed E-state index contributed by atoms with van der Waals surface area (Å²) in [7, 11) is -7.74. The number of halogens is 1.